The maximum Gasteiger partial charge on any atom is 0.257 e. The first-order valence-corrected chi connectivity index (χ1v) is 12.8. The van der Waals surface area contributed by atoms with Gasteiger partial charge in [-0.2, -0.15) is 4.98 Å². The first-order chi connectivity index (χ1) is 16.4. The molecule has 0 bridgehead atoms. The summed E-state index contributed by atoms with van der Waals surface area (Å²) in [4.78, 5) is 17.6. The van der Waals surface area contributed by atoms with Crippen molar-refractivity contribution >= 4 is 29.1 Å². The van der Waals surface area contributed by atoms with Crippen LogP contribution in [0.4, 0.5) is 0 Å². The monoisotopic (exact) mass is 497 g/mol. The zero-order chi connectivity index (χ0) is 24.0. The number of aryl methyl sites for hydroxylation is 1. The quantitative estimate of drug-likeness (QED) is 0.420. The molecule has 5 atom stereocenters. The van der Waals surface area contributed by atoms with Gasteiger partial charge in [0.25, 0.3) is 5.89 Å². The van der Waals surface area contributed by atoms with Crippen molar-refractivity contribution < 1.29 is 9.32 Å². The Kier molecular flexibility index (Phi) is 6.19. The third-order valence-corrected chi connectivity index (χ3v) is 8.61. The molecule has 34 heavy (non-hydrogen) atoms. The largest absolute Gasteiger partial charge is 0.353 e. The molecule has 0 radical (unpaired) electrons. The molecule has 7 heteroatoms. The molecule has 0 unspecified atom stereocenters. The number of carbonyl (C=O) groups excluding carboxylic acids is 1. The van der Waals surface area contributed by atoms with Gasteiger partial charge in [-0.1, -0.05) is 60.4 Å². The van der Waals surface area contributed by atoms with E-state index in [0.717, 1.165) is 30.4 Å². The number of amides is 1. The average Bonchev–Trinajstić information content (AvgIpc) is 3.42. The third-order valence-electron chi connectivity index (χ3n) is 8.03. The molecule has 1 N–H and O–H groups in total. The lowest BCUT2D eigenvalue weighted by atomic mass is 9.54. The molecule has 2 heterocycles. The number of halogens is 2. The van der Waals surface area contributed by atoms with Gasteiger partial charge in [-0.05, 0) is 73.4 Å². The predicted octanol–water partition coefficient (Wildman–Crippen LogP) is 6.80. The van der Waals surface area contributed by atoms with Gasteiger partial charge in [0.05, 0.1) is 5.41 Å². The van der Waals surface area contributed by atoms with Gasteiger partial charge in [0.1, 0.15) is 0 Å². The summed E-state index contributed by atoms with van der Waals surface area (Å²) in [7, 11) is 0. The molecule has 5 nitrogen and oxygen atoms in total. The van der Waals surface area contributed by atoms with Crippen molar-refractivity contribution in [2.24, 2.45) is 11.3 Å². The van der Waals surface area contributed by atoms with E-state index in [1.807, 2.05) is 31.2 Å². The van der Waals surface area contributed by atoms with Crippen LogP contribution in [0.2, 0.25) is 10.0 Å². The van der Waals surface area contributed by atoms with Gasteiger partial charge >= 0.3 is 0 Å². The highest BCUT2D eigenvalue weighted by Crippen LogP contribution is 2.60. The van der Waals surface area contributed by atoms with Crippen molar-refractivity contribution in [3.8, 4) is 11.5 Å². The number of nitrogens with one attached hydrogen (secondary N) is 1. The molecule has 1 aromatic heterocycles. The second-order valence-corrected chi connectivity index (χ2v) is 10.5. The van der Waals surface area contributed by atoms with Crippen LogP contribution >= 0.6 is 23.2 Å². The number of nitrogens with zero attached hydrogens (tertiary/aromatic N) is 2. The minimum Gasteiger partial charge on any atom is -0.353 e. The Morgan fingerprint density at radius 3 is 2.56 bits per heavy atom. The highest BCUT2D eigenvalue weighted by molar-refractivity contribution is 6.31. The number of hydrogen-bond donors (Lipinski definition) is 1. The summed E-state index contributed by atoms with van der Waals surface area (Å²) in [6.45, 7) is 6.27. The topological polar surface area (TPSA) is 68.0 Å². The molecular formula is C27H29Cl2N3O2. The van der Waals surface area contributed by atoms with Gasteiger partial charge in [-0.15, -0.1) is 0 Å². The Hall–Kier alpha value is -2.37. The second kappa shape index (κ2) is 9.01. The van der Waals surface area contributed by atoms with Crippen LogP contribution in [0.25, 0.3) is 11.5 Å². The van der Waals surface area contributed by atoms with E-state index < -0.39 is 0 Å². The Balaban J connectivity index is 1.58. The summed E-state index contributed by atoms with van der Waals surface area (Å²) in [5, 5.41) is 8.66. The molecule has 3 aromatic rings. The highest BCUT2D eigenvalue weighted by Gasteiger charge is 2.59. The molecule has 1 aliphatic carbocycles. The van der Waals surface area contributed by atoms with Crippen LogP contribution in [0.1, 0.15) is 68.8 Å². The van der Waals surface area contributed by atoms with Crippen LogP contribution in [0, 0.1) is 11.3 Å². The summed E-state index contributed by atoms with van der Waals surface area (Å²) >= 11 is 13.1. The van der Waals surface area contributed by atoms with Crippen LogP contribution < -0.4 is 5.32 Å². The molecule has 1 aliphatic heterocycles. The lowest BCUT2D eigenvalue weighted by Crippen LogP contribution is -2.43. The minimum atomic E-state index is -0.354. The van der Waals surface area contributed by atoms with E-state index in [4.69, 9.17) is 27.7 Å². The van der Waals surface area contributed by atoms with Gasteiger partial charge in [-0.3, -0.25) is 4.79 Å². The molecular weight excluding hydrogens is 469 g/mol. The molecule has 2 fully saturated rings. The summed E-state index contributed by atoms with van der Waals surface area (Å²) in [6.07, 6.45) is 3.28. The number of rotatable bonds is 5. The van der Waals surface area contributed by atoms with Crippen molar-refractivity contribution in [2.45, 2.75) is 64.3 Å². The van der Waals surface area contributed by atoms with E-state index in [1.54, 1.807) is 0 Å². The number of carbonyl (C=O) groups is 1. The number of hydrogen-bond acceptors (Lipinski definition) is 4. The number of aromatic nitrogens is 2. The van der Waals surface area contributed by atoms with Gasteiger partial charge in [0.15, 0.2) is 5.82 Å². The normalized spacial score (nSPS) is 28.6. The van der Waals surface area contributed by atoms with Crippen molar-refractivity contribution in [1.29, 1.82) is 0 Å². The van der Waals surface area contributed by atoms with E-state index in [0.29, 0.717) is 28.2 Å². The molecule has 2 aliphatic rings. The van der Waals surface area contributed by atoms with E-state index in [2.05, 4.69) is 47.5 Å². The molecule has 1 saturated heterocycles. The molecule has 1 amide bonds. The second-order valence-electron chi connectivity index (χ2n) is 9.63. The predicted molar refractivity (Wildman–Crippen MR) is 134 cm³/mol. The van der Waals surface area contributed by atoms with Crippen molar-refractivity contribution in [3.05, 3.63) is 69.5 Å². The number of fused-ring (bicyclic) bond motifs is 1. The SMILES string of the molecule is CCc1noc(-c2ccc([C@@H]3CC[C@@]4(CC)C(=O)N[C@H](C)[C@H]4[C@H]3c3ccc(Cl)cc3)c(Cl)c2)n1. The summed E-state index contributed by atoms with van der Waals surface area (Å²) in [5.74, 6) is 1.83. The van der Waals surface area contributed by atoms with Gasteiger partial charge in [0, 0.05) is 34.0 Å². The van der Waals surface area contributed by atoms with Crippen molar-refractivity contribution in [1.82, 2.24) is 15.5 Å². The zero-order valence-electron chi connectivity index (χ0n) is 19.6. The number of benzene rings is 2. The first kappa shape index (κ1) is 23.4. The zero-order valence-corrected chi connectivity index (χ0v) is 21.2. The summed E-state index contributed by atoms with van der Waals surface area (Å²) < 4.78 is 5.42. The van der Waals surface area contributed by atoms with E-state index in [-0.39, 0.29) is 35.1 Å². The Morgan fingerprint density at radius 1 is 1.15 bits per heavy atom. The fourth-order valence-electron chi connectivity index (χ4n) is 6.37. The highest BCUT2D eigenvalue weighted by atomic mass is 35.5. The lowest BCUT2D eigenvalue weighted by molar-refractivity contribution is -0.131. The molecule has 5 rings (SSSR count). The standard InChI is InChI=1S/C27H29Cl2N3O2/c1-4-22-31-25(34-32-22)17-8-11-19(21(29)14-17)20-12-13-27(5-2)24(15(3)30-26(27)33)23(20)16-6-9-18(28)10-7-16/h6-11,14-15,20,23-24H,4-5,12-13H2,1-3H3,(H,30,33)/t15-,20+,23+,24+,27-/m1/s1. The third kappa shape index (κ3) is 3.74. The van der Waals surface area contributed by atoms with Gasteiger partial charge in [0.2, 0.25) is 5.91 Å². The lowest BCUT2D eigenvalue weighted by Gasteiger charge is -2.47. The van der Waals surface area contributed by atoms with Gasteiger partial charge < -0.3 is 9.84 Å². The fourth-order valence-corrected chi connectivity index (χ4v) is 6.82. The van der Waals surface area contributed by atoms with Crippen LogP contribution in [0.5, 0.6) is 0 Å². The molecule has 1 saturated carbocycles. The Morgan fingerprint density at radius 2 is 1.91 bits per heavy atom. The smallest absolute Gasteiger partial charge is 0.257 e. The van der Waals surface area contributed by atoms with E-state index >= 15 is 0 Å². The van der Waals surface area contributed by atoms with Crippen LogP contribution in [0.15, 0.2) is 47.0 Å². The van der Waals surface area contributed by atoms with Gasteiger partial charge in [-0.25, -0.2) is 0 Å². The average molecular weight is 498 g/mol. The maximum absolute atomic E-state index is 13.2. The summed E-state index contributed by atoms with van der Waals surface area (Å²) in [6, 6.07) is 14.2. The van der Waals surface area contributed by atoms with Crippen molar-refractivity contribution in [2.75, 3.05) is 0 Å². The molecule has 0 spiro atoms. The Bertz CT molecular complexity index is 1210. The maximum atomic E-state index is 13.2. The first-order valence-electron chi connectivity index (χ1n) is 12.1. The molecule has 2 aromatic carbocycles. The van der Waals surface area contributed by atoms with E-state index in [1.165, 1.54) is 5.56 Å². The van der Waals surface area contributed by atoms with Crippen LogP contribution in [0.3, 0.4) is 0 Å². The Labute approximate surface area is 210 Å². The van der Waals surface area contributed by atoms with Crippen LogP contribution in [-0.4, -0.2) is 22.1 Å². The van der Waals surface area contributed by atoms with Crippen molar-refractivity contribution in [3.63, 3.8) is 0 Å². The fraction of sp³-hybridized carbons (Fsp3) is 0.444. The van der Waals surface area contributed by atoms with E-state index in [9.17, 15) is 4.79 Å². The minimum absolute atomic E-state index is 0.0832. The molecule has 178 valence electrons. The van der Waals surface area contributed by atoms with Crippen LogP contribution in [-0.2, 0) is 11.2 Å². The summed E-state index contributed by atoms with van der Waals surface area (Å²) in [5.41, 5.74) is 2.75.